The largest absolute Gasteiger partial charge is 0.456 e. The van der Waals surface area contributed by atoms with Crippen LogP contribution in [-0.2, 0) is 5.41 Å². The molecule has 0 saturated carbocycles. The Labute approximate surface area is 377 Å². The molecule has 66 heavy (non-hydrogen) atoms. The van der Waals surface area contributed by atoms with Crippen LogP contribution in [-0.4, -0.2) is 8.97 Å². The molecule has 14 aromatic rings. The summed E-state index contributed by atoms with van der Waals surface area (Å²) in [6.45, 7) is 0. The molecule has 0 radical (unpaired) electrons. The molecule has 306 valence electrons. The van der Waals surface area contributed by atoms with Crippen LogP contribution < -0.4 is 5.56 Å². The van der Waals surface area contributed by atoms with Gasteiger partial charge in [0.1, 0.15) is 11.2 Å². The van der Waals surface area contributed by atoms with Crippen LogP contribution in [0.1, 0.15) is 22.3 Å². The van der Waals surface area contributed by atoms with E-state index in [-0.39, 0.29) is 5.56 Å². The van der Waals surface area contributed by atoms with Gasteiger partial charge >= 0.3 is 0 Å². The van der Waals surface area contributed by atoms with Gasteiger partial charge in [-0.05, 0) is 111 Å². The molecule has 0 atom stereocenters. The first-order valence-corrected chi connectivity index (χ1v) is 22.6. The Morgan fingerprint density at radius 1 is 0.379 bits per heavy atom. The molecule has 0 spiro atoms. The highest BCUT2D eigenvalue weighted by atomic mass is 16.3. The molecule has 0 saturated heterocycles. The predicted octanol–water partition coefficient (Wildman–Crippen LogP) is 15.2. The van der Waals surface area contributed by atoms with Gasteiger partial charge in [-0.2, -0.15) is 0 Å². The number of hydrogen-bond donors (Lipinski definition) is 0. The van der Waals surface area contributed by atoms with E-state index >= 15 is 0 Å². The van der Waals surface area contributed by atoms with Gasteiger partial charge in [0.15, 0.2) is 0 Å². The lowest BCUT2D eigenvalue weighted by molar-refractivity contribution is 0.669. The summed E-state index contributed by atoms with van der Waals surface area (Å²) < 4.78 is 11.0. The maximum atomic E-state index is 14.1. The number of benzene rings is 10. The number of furan rings is 1. The number of para-hydroxylation sites is 2. The lowest BCUT2D eigenvalue weighted by Gasteiger charge is -2.34. The van der Waals surface area contributed by atoms with Crippen LogP contribution >= 0.6 is 0 Å². The van der Waals surface area contributed by atoms with Crippen LogP contribution in [0.5, 0.6) is 0 Å². The SMILES string of the molecule is O=c1c2ccccc2c2cccc3c4cc(-c5cccc6oc7ccc(-n8c9ccccc9c9cc%10c(cc98)C(c8ccccc8)(c8ccccc8)c8ccccc8-%10)cc7c56)ccc4n1c23. The average molecular weight is 841 g/mol. The minimum Gasteiger partial charge on any atom is -0.456 e. The van der Waals surface area contributed by atoms with Crippen molar-refractivity contribution in [1.29, 1.82) is 0 Å². The third-order valence-corrected chi connectivity index (χ3v) is 14.7. The zero-order valence-corrected chi connectivity index (χ0v) is 35.5. The minimum atomic E-state index is -0.520. The van der Waals surface area contributed by atoms with E-state index in [1.54, 1.807) is 0 Å². The third-order valence-electron chi connectivity index (χ3n) is 14.7. The lowest BCUT2D eigenvalue weighted by atomic mass is 9.67. The molecule has 4 aromatic heterocycles. The lowest BCUT2D eigenvalue weighted by Crippen LogP contribution is -2.28. The molecular formula is C62H36N2O2. The van der Waals surface area contributed by atoms with E-state index in [4.69, 9.17) is 4.42 Å². The number of aromatic nitrogens is 2. The molecule has 0 unspecified atom stereocenters. The van der Waals surface area contributed by atoms with Gasteiger partial charge < -0.3 is 8.98 Å². The Bertz CT molecular complexity index is 4380. The average Bonchev–Trinajstić information content (AvgIpc) is 4.11. The second-order valence-corrected chi connectivity index (χ2v) is 17.9. The van der Waals surface area contributed by atoms with E-state index in [0.29, 0.717) is 0 Å². The summed E-state index contributed by atoms with van der Waals surface area (Å²) in [6, 6.07) is 78.6. The van der Waals surface area contributed by atoms with Crippen LogP contribution in [0.4, 0.5) is 0 Å². The summed E-state index contributed by atoms with van der Waals surface area (Å²) >= 11 is 0. The first kappa shape index (κ1) is 35.7. The van der Waals surface area contributed by atoms with Gasteiger partial charge in [0, 0.05) is 48.8 Å². The fraction of sp³-hybridized carbons (Fsp3) is 0.0161. The van der Waals surface area contributed by atoms with Crippen molar-refractivity contribution in [2.24, 2.45) is 0 Å². The number of pyridine rings is 1. The molecule has 0 N–H and O–H groups in total. The monoisotopic (exact) mass is 840 g/mol. The standard InChI is InChI=1S/C62H36N2O2/c65-61-47-22-8-7-19-42(47)45-24-13-25-46-49-33-37(29-31-55(49)64(61)60(45)46)41-23-14-28-58-59(41)51-34-40(30-32-57(51)66-58)63-54-27-12-10-21-44(54)50-35-48-43-20-9-11-26-52(43)62(53(48)36-56(50)63,38-15-3-1-4-16-38)39-17-5-2-6-18-39/h1-36H. The van der Waals surface area contributed by atoms with Crippen LogP contribution in [0.2, 0.25) is 0 Å². The normalized spacial score (nSPS) is 13.3. The van der Waals surface area contributed by atoms with Gasteiger partial charge in [-0.1, -0.05) is 158 Å². The number of hydrogen-bond acceptors (Lipinski definition) is 2. The van der Waals surface area contributed by atoms with Crippen LogP contribution in [0.25, 0.3) is 110 Å². The summed E-state index contributed by atoms with van der Waals surface area (Å²) in [7, 11) is 0. The molecule has 10 aromatic carbocycles. The van der Waals surface area contributed by atoms with Crippen molar-refractivity contribution < 1.29 is 4.42 Å². The molecule has 0 amide bonds. The van der Waals surface area contributed by atoms with E-state index in [2.05, 4.69) is 205 Å². The molecule has 0 bridgehead atoms. The zero-order valence-electron chi connectivity index (χ0n) is 35.5. The van der Waals surface area contributed by atoms with E-state index in [9.17, 15) is 4.79 Å². The topological polar surface area (TPSA) is 39.5 Å². The Morgan fingerprint density at radius 2 is 1.03 bits per heavy atom. The van der Waals surface area contributed by atoms with Crippen molar-refractivity contribution >= 4 is 81.7 Å². The van der Waals surface area contributed by atoms with Gasteiger partial charge in [0.05, 0.1) is 27.5 Å². The Hall–Kier alpha value is -8.73. The molecular weight excluding hydrogens is 805 g/mol. The van der Waals surface area contributed by atoms with Gasteiger partial charge in [0.2, 0.25) is 0 Å². The van der Waals surface area contributed by atoms with E-state index in [1.165, 1.54) is 44.2 Å². The van der Waals surface area contributed by atoms with Crippen molar-refractivity contribution in [3.05, 3.63) is 251 Å². The molecule has 4 heterocycles. The third kappa shape index (κ3) is 4.50. The van der Waals surface area contributed by atoms with Crippen molar-refractivity contribution in [3.63, 3.8) is 0 Å². The Morgan fingerprint density at radius 3 is 1.85 bits per heavy atom. The van der Waals surface area contributed by atoms with E-state index in [0.717, 1.165) is 87.8 Å². The van der Waals surface area contributed by atoms with Crippen LogP contribution in [0.15, 0.2) is 228 Å². The van der Waals surface area contributed by atoms with Gasteiger partial charge in [-0.15, -0.1) is 0 Å². The van der Waals surface area contributed by atoms with E-state index in [1.807, 2.05) is 22.6 Å². The highest BCUT2D eigenvalue weighted by molar-refractivity contribution is 6.21. The summed E-state index contributed by atoms with van der Waals surface area (Å²) in [5, 5.41) is 9.47. The predicted molar refractivity (Wildman–Crippen MR) is 272 cm³/mol. The quantitative estimate of drug-likeness (QED) is 0.166. The molecule has 0 aliphatic heterocycles. The fourth-order valence-corrected chi connectivity index (χ4v) is 12.1. The van der Waals surface area contributed by atoms with Crippen molar-refractivity contribution in [1.82, 2.24) is 8.97 Å². The summed E-state index contributed by atoms with van der Waals surface area (Å²) in [4.78, 5) is 14.1. The first-order valence-electron chi connectivity index (χ1n) is 22.6. The molecule has 1 aliphatic rings. The van der Waals surface area contributed by atoms with Crippen molar-refractivity contribution in [2.45, 2.75) is 5.41 Å². The van der Waals surface area contributed by atoms with Crippen LogP contribution in [0, 0.1) is 0 Å². The van der Waals surface area contributed by atoms with Gasteiger partial charge in [-0.25, -0.2) is 0 Å². The summed E-state index contributed by atoms with van der Waals surface area (Å²) in [5.41, 5.74) is 16.2. The van der Waals surface area contributed by atoms with Gasteiger partial charge in [-0.3, -0.25) is 9.20 Å². The maximum absolute atomic E-state index is 14.1. The zero-order chi connectivity index (χ0) is 43.3. The first-order chi connectivity index (χ1) is 32.7. The molecule has 4 nitrogen and oxygen atoms in total. The second-order valence-electron chi connectivity index (χ2n) is 17.9. The van der Waals surface area contributed by atoms with E-state index < -0.39 is 5.41 Å². The molecule has 15 rings (SSSR count). The van der Waals surface area contributed by atoms with Gasteiger partial charge in [0.25, 0.3) is 5.56 Å². The number of nitrogens with zero attached hydrogens (tertiary/aromatic N) is 2. The summed E-state index contributed by atoms with van der Waals surface area (Å²) in [6.07, 6.45) is 0. The highest BCUT2D eigenvalue weighted by Crippen LogP contribution is 2.57. The molecule has 4 heteroatoms. The minimum absolute atomic E-state index is 0.0119. The highest BCUT2D eigenvalue weighted by Gasteiger charge is 2.46. The molecule has 1 aliphatic carbocycles. The Kier molecular flexibility index (Phi) is 7.00. The number of rotatable bonds is 4. The van der Waals surface area contributed by atoms with Crippen molar-refractivity contribution in [3.8, 4) is 27.9 Å². The number of fused-ring (bicyclic) bond motifs is 14. The second kappa shape index (κ2) is 12.9. The van der Waals surface area contributed by atoms with Crippen molar-refractivity contribution in [2.75, 3.05) is 0 Å². The summed E-state index contributed by atoms with van der Waals surface area (Å²) in [5.74, 6) is 0. The van der Waals surface area contributed by atoms with Crippen LogP contribution in [0.3, 0.4) is 0 Å². The fourth-order valence-electron chi connectivity index (χ4n) is 12.1. The smallest absolute Gasteiger partial charge is 0.263 e. The Balaban J connectivity index is 0.981. The molecule has 0 fully saturated rings. The maximum Gasteiger partial charge on any atom is 0.263 e.